The van der Waals surface area contributed by atoms with Gasteiger partial charge in [-0.05, 0) is 0 Å². The average molecular weight is 143 g/mol. The fourth-order valence-corrected chi connectivity index (χ4v) is 0.538. The van der Waals surface area contributed by atoms with Crippen LogP contribution in [0.15, 0.2) is 4.79 Å². The molecule has 0 unspecified atom stereocenters. The van der Waals surface area contributed by atoms with E-state index in [2.05, 4.69) is 5.10 Å². The summed E-state index contributed by atoms with van der Waals surface area (Å²) in [7, 11) is 1.33. The van der Waals surface area contributed by atoms with Gasteiger partial charge in [0.2, 0.25) is 5.82 Å². The highest BCUT2D eigenvalue weighted by molar-refractivity contribution is 5.83. The Kier molecular flexibility index (Phi) is 1.29. The molecule has 0 bridgehead atoms. The third-order valence-corrected chi connectivity index (χ3v) is 1.07. The molecule has 2 N–H and O–H groups in total. The van der Waals surface area contributed by atoms with Crippen LogP contribution < -0.4 is 5.69 Å². The van der Waals surface area contributed by atoms with Crippen LogP contribution in [0.4, 0.5) is 0 Å². The Morgan fingerprint density at radius 3 is 2.60 bits per heavy atom. The Hall–Kier alpha value is -1.59. The summed E-state index contributed by atoms with van der Waals surface area (Å²) in [6.07, 6.45) is 0. The average Bonchev–Trinajstić information content (AvgIpc) is 2.14. The third kappa shape index (κ3) is 0.790. The molecule has 0 radical (unpaired) electrons. The second kappa shape index (κ2) is 1.98. The van der Waals surface area contributed by atoms with Crippen molar-refractivity contribution in [3.05, 3.63) is 16.3 Å². The SMILES string of the molecule is Cn1c(C(=O)O)n[nH]c1=O. The lowest BCUT2D eigenvalue weighted by Crippen LogP contribution is -2.16. The molecule has 0 aliphatic carbocycles. The Labute approximate surface area is 55.1 Å². The van der Waals surface area contributed by atoms with Crippen LogP contribution in [0, 0.1) is 0 Å². The molecule has 0 spiro atoms. The van der Waals surface area contributed by atoms with E-state index < -0.39 is 11.7 Å². The molecule has 6 heteroatoms. The van der Waals surface area contributed by atoms with E-state index in [1.807, 2.05) is 5.10 Å². The number of carboxylic acids is 1. The van der Waals surface area contributed by atoms with Crippen LogP contribution in [0.5, 0.6) is 0 Å². The number of aromatic carboxylic acids is 1. The monoisotopic (exact) mass is 143 g/mol. The van der Waals surface area contributed by atoms with Gasteiger partial charge in [-0.25, -0.2) is 14.7 Å². The van der Waals surface area contributed by atoms with Gasteiger partial charge in [-0.15, -0.1) is 5.10 Å². The van der Waals surface area contributed by atoms with Crippen LogP contribution in [0.1, 0.15) is 10.6 Å². The van der Waals surface area contributed by atoms with E-state index in [0.717, 1.165) is 4.57 Å². The summed E-state index contributed by atoms with van der Waals surface area (Å²) < 4.78 is 0.919. The molecular weight excluding hydrogens is 138 g/mol. The number of hydrogen-bond acceptors (Lipinski definition) is 3. The van der Waals surface area contributed by atoms with E-state index >= 15 is 0 Å². The minimum absolute atomic E-state index is 0.287. The number of nitrogens with one attached hydrogen (secondary N) is 1. The predicted molar refractivity (Wildman–Crippen MR) is 30.8 cm³/mol. The highest BCUT2D eigenvalue weighted by atomic mass is 16.4. The first-order valence-corrected chi connectivity index (χ1v) is 2.47. The summed E-state index contributed by atoms with van der Waals surface area (Å²) in [5, 5.41) is 13.6. The first-order valence-electron chi connectivity index (χ1n) is 2.47. The second-order valence-corrected chi connectivity index (χ2v) is 1.72. The van der Waals surface area contributed by atoms with Crippen molar-refractivity contribution in [1.82, 2.24) is 14.8 Å². The molecule has 0 aliphatic rings. The zero-order chi connectivity index (χ0) is 7.72. The van der Waals surface area contributed by atoms with Gasteiger partial charge in [-0.1, -0.05) is 0 Å². The van der Waals surface area contributed by atoms with Crippen molar-refractivity contribution in [2.24, 2.45) is 7.05 Å². The number of carboxylic acid groups (broad SMARTS) is 1. The Bertz CT molecular complexity index is 310. The van der Waals surface area contributed by atoms with Crippen LogP contribution >= 0.6 is 0 Å². The number of aromatic amines is 1. The quantitative estimate of drug-likeness (QED) is 0.517. The van der Waals surface area contributed by atoms with Gasteiger partial charge in [0.25, 0.3) is 0 Å². The number of carbonyl (C=O) groups is 1. The van der Waals surface area contributed by atoms with Gasteiger partial charge in [0.05, 0.1) is 0 Å². The van der Waals surface area contributed by atoms with E-state index in [-0.39, 0.29) is 5.82 Å². The van der Waals surface area contributed by atoms with Crippen LogP contribution in [0.25, 0.3) is 0 Å². The van der Waals surface area contributed by atoms with Crippen LogP contribution in [-0.4, -0.2) is 25.8 Å². The molecule has 10 heavy (non-hydrogen) atoms. The lowest BCUT2D eigenvalue weighted by molar-refractivity contribution is 0.0679. The highest BCUT2D eigenvalue weighted by Gasteiger charge is 2.10. The molecule has 1 aromatic heterocycles. The molecule has 0 saturated heterocycles. The van der Waals surface area contributed by atoms with Crippen LogP contribution in [-0.2, 0) is 7.05 Å². The minimum atomic E-state index is -1.22. The molecule has 0 aliphatic heterocycles. The molecule has 0 atom stereocenters. The standard InChI is InChI=1S/C4H5N3O3/c1-7-2(3(8)9)5-6-4(7)10/h1H3,(H,6,10)(H,8,9). The molecule has 0 aromatic carbocycles. The summed E-state index contributed by atoms with van der Waals surface area (Å²) in [5.41, 5.74) is -0.530. The zero-order valence-electron chi connectivity index (χ0n) is 5.16. The summed E-state index contributed by atoms with van der Waals surface area (Å²) in [6, 6.07) is 0. The topological polar surface area (TPSA) is 88.0 Å². The van der Waals surface area contributed by atoms with Crippen molar-refractivity contribution >= 4 is 5.97 Å². The second-order valence-electron chi connectivity index (χ2n) is 1.72. The van der Waals surface area contributed by atoms with E-state index in [1.165, 1.54) is 7.05 Å². The number of aromatic nitrogens is 3. The molecule has 0 saturated carbocycles. The lowest BCUT2D eigenvalue weighted by atomic mass is 10.6. The van der Waals surface area contributed by atoms with Gasteiger partial charge < -0.3 is 5.11 Å². The van der Waals surface area contributed by atoms with Crippen molar-refractivity contribution in [1.29, 1.82) is 0 Å². The Morgan fingerprint density at radius 1 is 1.80 bits per heavy atom. The predicted octanol–water partition coefficient (Wildman–Crippen LogP) is -1.19. The van der Waals surface area contributed by atoms with Gasteiger partial charge in [-0.2, -0.15) is 0 Å². The molecule has 54 valence electrons. The maximum Gasteiger partial charge on any atom is 0.374 e. The smallest absolute Gasteiger partial charge is 0.374 e. The first kappa shape index (κ1) is 6.53. The van der Waals surface area contributed by atoms with E-state index in [9.17, 15) is 9.59 Å². The summed E-state index contributed by atoms with van der Waals surface area (Å²) in [6.45, 7) is 0. The third-order valence-electron chi connectivity index (χ3n) is 1.07. The lowest BCUT2D eigenvalue weighted by Gasteiger charge is -1.87. The summed E-state index contributed by atoms with van der Waals surface area (Å²) in [4.78, 5) is 20.7. The normalized spacial score (nSPS) is 9.70. The van der Waals surface area contributed by atoms with Gasteiger partial charge in [0, 0.05) is 7.05 Å². The number of hydrogen-bond donors (Lipinski definition) is 2. The summed E-state index contributed by atoms with van der Waals surface area (Å²) in [5.74, 6) is -1.51. The van der Waals surface area contributed by atoms with Gasteiger partial charge in [0.1, 0.15) is 0 Å². The Balaban J connectivity index is 3.31. The highest BCUT2D eigenvalue weighted by Crippen LogP contribution is 1.84. The maximum atomic E-state index is 10.5. The van der Waals surface area contributed by atoms with E-state index in [1.54, 1.807) is 0 Å². The number of rotatable bonds is 1. The minimum Gasteiger partial charge on any atom is -0.475 e. The van der Waals surface area contributed by atoms with Gasteiger partial charge in [-0.3, -0.25) is 4.57 Å². The molecule has 1 aromatic rings. The Morgan fingerprint density at radius 2 is 2.40 bits per heavy atom. The van der Waals surface area contributed by atoms with E-state index in [4.69, 9.17) is 5.11 Å². The van der Waals surface area contributed by atoms with Crippen molar-refractivity contribution in [3.8, 4) is 0 Å². The van der Waals surface area contributed by atoms with Crippen LogP contribution in [0.3, 0.4) is 0 Å². The van der Waals surface area contributed by atoms with Crippen molar-refractivity contribution in [3.63, 3.8) is 0 Å². The zero-order valence-corrected chi connectivity index (χ0v) is 5.16. The van der Waals surface area contributed by atoms with Crippen molar-refractivity contribution in [2.45, 2.75) is 0 Å². The molecular formula is C4H5N3O3. The molecule has 6 nitrogen and oxygen atoms in total. The number of nitrogens with zero attached hydrogens (tertiary/aromatic N) is 2. The van der Waals surface area contributed by atoms with Gasteiger partial charge in [0.15, 0.2) is 0 Å². The van der Waals surface area contributed by atoms with E-state index in [0.29, 0.717) is 0 Å². The fourth-order valence-electron chi connectivity index (χ4n) is 0.538. The number of H-pyrrole nitrogens is 1. The largest absolute Gasteiger partial charge is 0.475 e. The molecule has 0 amide bonds. The maximum absolute atomic E-state index is 10.5. The van der Waals surface area contributed by atoms with Crippen LogP contribution in [0.2, 0.25) is 0 Å². The summed E-state index contributed by atoms with van der Waals surface area (Å²) >= 11 is 0. The molecule has 1 heterocycles. The van der Waals surface area contributed by atoms with Crippen molar-refractivity contribution < 1.29 is 9.90 Å². The van der Waals surface area contributed by atoms with Crippen molar-refractivity contribution in [2.75, 3.05) is 0 Å². The fraction of sp³-hybridized carbons (Fsp3) is 0.250. The molecule has 1 rings (SSSR count). The first-order chi connectivity index (χ1) is 4.63. The van der Waals surface area contributed by atoms with Gasteiger partial charge >= 0.3 is 11.7 Å². The molecule has 0 fully saturated rings.